The van der Waals surface area contributed by atoms with Crippen molar-refractivity contribution in [1.29, 1.82) is 0 Å². The molecule has 1 aliphatic heterocycles. The topological polar surface area (TPSA) is 86.7 Å². The molecule has 0 unspecified atom stereocenters. The van der Waals surface area contributed by atoms with Crippen LogP contribution in [0.5, 0.6) is 0 Å². The lowest BCUT2D eigenvalue weighted by molar-refractivity contribution is -0.116. The van der Waals surface area contributed by atoms with Crippen LogP contribution in [0.1, 0.15) is 25.3 Å². The number of rotatable bonds is 4. The Morgan fingerprint density at radius 3 is 2.71 bits per heavy atom. The third-order valence-electron chi connectivity index (χ3n) is 4.15. The van der Waals surface area contributed by atoms with Crippen molar-refractivity contribution >= 4 is 21.6 Å². The number of nitrogens with zero attached hydrogens (tertiary/aromatic N) is 1. The van der Waals surface area contributed by atoms with Gasteiger partial charge in [0, 0.05) is 19.2 Å². The smallest absolute Gasteiger partial charge is 0.241 e. The monoisotopic (exact) mass is 310 g/mol. The summed E-state index contributed by atoms with van der Waals surface area (Å²) in [4.78, 5) is 13.3. The summed E-state index contributed by atoms with van der Waals surface area (Å²) < 4.78 is 27.4. The molecule has 2 N–H and O–H groups in total. The van der Waals surface area contributed by atoms with Gasteiger partial charge in [-0.25, -0.2) is 13.1 Å². The molecule has 114 valence electrons. The number of fused-ring (bicyclic) bond motifs is 1. The maximum Gasteiger partial charge on any atom is 0.241 e. The molecule has 1 saturated carbocycles. The highest BCUT2D eigenvalue weighted by Gasteiger charge is 2.45. The maximum atomic E-state index is 12.4. The number of amides is 1. The van der Waals surface area contributed by atoms with E-state index in [0.29, 0.717) is 25.1 Å². The number of hydrogen-bond donors (Lipinski definition) is 2. The van der Waals surface area contributed by atoms with Crippen LogP contribution in [-0.2, 0) is 21.2 Å². The second kappa shape index (κ2) is 4.79. The molecule has 3 rings (SSSR count). The van der Waals surface area contributed by atoms with Gasteiger partial charge >= 0.3 is 0 Å². The van der Waals surface area contributed by atoms with E-state index in [4.69, 9.17) is 0 Å². The fraction of sp³-hybridized carbons (Fsp3) is 0.500. The first-order chi connectivity index (χ1) is 9.87. The van der Waals surface area contributed by atoms with E-state index in [2.05, 4.69) is 4.72 Å². The van der Waals surface area contributed by atoms with E-state index in [1.807, 2.05) is 0 Å². The Morgan fingerprint density at radius 2 is 2.14 bits per heavy atom. The normalized spacial score (nSPS) is 19.4. The summed E-state index contributed by atoms with van der Waals surface area (Å²) in [7, 11) is -3.69. The van der Waals surface area contributed by atoms with Crippen LogP contribution in [0.2, 0.25) is 0 Å². The molecule has 1 aliphatic carbocycles. The highest BCUT2D eigenvalue weighted by molar-refractivity contribution is 7.89. The van der Waals surface area contributed by atoms with Gasteiger partial charge in [-0.1, -0.05) is 6.07 Å². The molecule has 1 heterocycles. The molecule has 0 atom stereocenters. The minimum Gasteiger partial charge on any atom is -0.394 e. The van der Waals surface area contributed by atoms with Gasteiger partial charge in [0.2, 0.25) is 15.9 Å². The Bertz CT molecular complexity index is 695. The molecule has 0 saturated heterocycles. The summed E-state index contributed by atoms with van der Waals surface area (Å²) in [6, 6.07) is 4.85. The molecule has 2 aliphatic rings. The van der Waals surface area contributed by atoms with E-state index in [-0.39, 0.29) is 17.4 Å². The lowest BCUT2D eigenvalue weighted by Gasteiger charge is -2.17. The molecule has 6 nitrogen and oxygen atoms in total. The number of sulfonamides is 1. The van der Waals surface area contributed by atoms with Crippen molar-refractivity contribution in [2.75, 3.05) is 18.1 Å². The predicted octanol–water partition coefficient (Wildman–Crippen LogP) is 0.399. The first-order valence-electron chi connectivity index (χ1n) is 6.93. The summed E-state index contributed by atoms with van der Waals surface area (Å²) in [5.41, 5.74) is 0.949. The van der Waals surface area contributed by atoms with Crippen LogP contribution < -0.4 is 9.62 Å². The van der Waals surface area contributed by atoms with Crippen molar-refractivity contribution in [2.24, 2.45) is 0 Å². The summed E-state index contributed by atoms with van der Waals surface area (Å²) in [6.45, 7) is 1.86. The molecule has 7 heteroatoms. The number of hydrogen-bond acceptors (Lipinski definition) is 4. The van der Waals surface area contributed by atoms with Crippen LogP contribution >= 0.6 is 0 Å². The quantitative estimate of drug-likeness (QED) is 0.843. The number of carbonyl (C=O) groups excluding carboxylic acids is 1. The van der Waals surface area contributed by atoms with Crippen molar-refractivity contribution in [3.63, 3.8) is 0 Å². The van der Waals surface area contributed by atoms with Gasteiger partial charge in [-0.15, -0.1) is 0 Å². The minimum absolute atomic E-state index is 0.0923. The largest absolute Gasteiger partial charge is 0.394 e. The molecular formula is C14H18N2O4S. The third-order valence-corrected chi connectivity index (χ3v) is 5.73. The molecule has 1 aromatic rings. The Hall–Kier alpha value is -1.44. The van der Waals surface area contributed by atoms with E-state index >= 15 is 0 Å². The highest BCUT2D eigenvalue weighted by Crippen LogP contribution is 2.37. The summed E-state index contributed by atoms with van der Waals surface area (Å²) >= 11 is 0. The van der Waals surface area contributed by atoms with Crippen molar-refractivity contribution in [3.05, 3.63) is 23.8 Å². The molecule has 21 heavy (non-hydrogen) atoms. The van der Waals surface area contributed by atoms with Crippen LogP contribution in [0.15, 0.2) is 23.1 Å². The van der Waals surface area contributed by atoms with Crippen LogP contribution in [-0.4, -0.2) is 38.1 Å². The standard InChI is InChI=1S/C14H18N2O4S/c1-10(18)16-7-4-11-2-3-12(8-13(11)16)21(19,20)15-14(9-17)5-6-14/h2-3,8,15,17H,4-7,9H2,1H3. The zero-order valence-electron chi connectivity index (χ0n) is 11.8. The van der Waals surface area contributed by atoms with Gasteiger partial charge in [-0.2, -0.15) is 0 Å². The SMILES string of the molecule is CC(=O)N1CCc2ccc(S(=O)(=O)NC3(CO)CC3)cc21. The Labute approximate surface area is 123 Å². The van der Waals surface area contributed by atoms with E-state index in [1.165, 1.54) is 6.92 Å². The number of aliphatic hydroxyl groups excluding tert-OH is 1. The minimum atomic E-state index is -3.69. The molecule has 1 aromatic carbocycles. The predicted molar refractivity (Wildman–Crippen MR) is 77.5 cm³/mol. The van der Waals surface area contributed by atoms with Gasteiger partial charge in [0.1, 0.15) is 0 Å². The highest BCUT2D eigenvalue weighted by atomic mass is 32.2. The van der Waals surface area contributed by atoms with Gasteiger partial charge in [0.15, 0.2) is 0 Å². The first kappa shape index (κ1) is 14.5. The van der Waals surface area contributed by atoms with Gasteiger partial charge in [0.25, 0.3) is 0 Å². The number of carbonyl (C=O) groups is 1. The lowest BCUT2D eigenvalue weighted by Crippen LogP contribution is -2.39. The van der Waals surface area contributed by atoms with Crippen LogP contribution in [0.25, 0.3) is 0 Å². The first-order valence-corrected chi connectivity index (χ1v) is 8.41. The molecular weight excluding hydrogens is 292 g/mol. The molecule has 0 bridgehead atoms. The van der Waals surface area contributed by atoms with Gasteiger partial charge in [-0.05, 0) is 37.0 Å². The number of aliphatic hydroxyl groups is 1. The zero-order chi connectivity index (χ0) is 15.3. The van der Waals surface area contributed by atoms with Crippen molar-refractivity contribution in [1.82, 2.24) is 4.72 Å². The summed E-state index contributed by atoms with van der Waals surface area (Å²) in [5, 5.41) is 9.26. The van der Waals surface area contributed by atoms with Crippen molar-refractivity contribution in [3.8, 4) is 0 Å². The second-order valence-corrected chi connectivity index (χ2v) is 7.44. The van der Waals surface area contributed by atoms with Gasteiger partial charge in [-0.3, -0.25) is 4.79 Å². The Balaban J connectivity index is 1.93. The van der Waals surface area contributed by atoms with E-state index in [9.17, 15) is 18.3 Å². The number of benzene rings is 1. The average Bonchev–Trinajstić information content (AvgIpc) is 3.06. The molecule has 1 fully saturated rings. The molecule has 0 radical (unpaired) electrons. The van der Waals surface area contributed by atoms with E-state index in [1.54, 1.807) is 23.1 Å². The summed E-state index contributed by atoms with van der Waals surface area (Å²) in [6.07, 6.45) is 2.03. The average molecular weight is 310 g/mol. The van der Waals surface area contributed by atoms with Crippen LogP contribution in [0, 0.1) is 0 Å². The van der Waals surface area contributed by atoms with Crippen LogP contribution in [0.3, 0.4) is 0 Å². The molecule has 0 spiro atoms. The molecule has 1 amide bonds. The lowest BCUT2D eigenvalue weighted by atomic mass is 10.2. The van der Waals surface area contributed by atoms with E-state index < -0.39 is 15.6 Å². The zero-order valence-corrected chi connectivity index (χ0v) is 12.6. The molecule has 0 aromatic heterocycles. The Kier molecular flexibility index (Phi) is 3.31. The second-order valence-electron chi connectivity index (χ2n) is 5.76. The van der Waals surface area contributed by atoms with Gasteiger partial charge in [0.05, 0.1) is 17.0 Å². The fourth-order valence-corrected chi connectivity index (χ4v) is 4.11. The van der Waals surface area contributed by atoms with Gasteiger partial charge < -0.3 is 10.0 Å². The van der Waals surface area contributed by atoms with Crippen LogP contribution in [0.4, 0.5) is 5.69 Å². The van der Waals surface area contributed by atoms with Crippen molar-refractivity contribution in [2.45, 2.75) is 36.6 Å². The number of anilines is 1. The Morgan fingerprint density at radius 1 is 1.43 bits per heavy atom. The van der Waals surface area contributed by atoms with E-state index in [0.717, 1.165) is 12.0 Å². The fourth-order valence-electron chi connectivity index (χ4n) is 2.64. The summed E-state index contributed by atoms with van der Waals surface area (Å²) in [5.74, 6) is -0.0923. The number of nitrogens with one attached hydrogen (secondary N) is 1. The third kappa shape index (κ3) is 2.56. The van der Waals surface area contributed by atoms with Crippen molar-refractivity contribution < 1.29 is 18.3 Å². The maximum absolute atomic E-state index is 12.4.